The van der Waals surface area contributed by atoms with Crippen molar-refractivity contribution in [2.45, 2.75) is 65.2 Å². The van der Waals surface area contributed by atoms with Crippen molar-refractivity contribution < 1.29 is 13.2 Å². The highest BCUT2D eigenvalue weighted by molar-refractivity contribution is 7.92. The maximum atomic E-state index is 13.5. The number of sulfonamides is 1. The van der Waals surface area contributed by atoms with Crippen LogP contribution in [0.2, 0.25) is 0 Å². The summed E-state index contributed by atoms with van der Waals surface area (Å²) in [5.41, 5.74) is 3.26. The summed E-state index contributed by atoms with van der Waals surface area (Å²) in [7, 11) is -3.89. The van der Waals surface area contributed by atoms with Gasteiger partial charge in [-0.15, -0.1) is 0 Å². The molecule has 6 heteroatoms. The molecular weight excluding hydrogens is 408 g/mol. The van der Waals surface area contributed by atoms with Crippen LogP contribution in [-0.4, -0.2) is 27.4 Å². The van der Waals surface area contributed by atoms with Crippen LogP contribution < -0.4 is 9.62 Å². The Morgan fingerprint density at radius 1 is 1.00 bits per heavy atom. The summed E-state index contributed by atoms with van der Waals surface area (Å²) in [4.78, 5) is 13.0. The van der Waals surface area contributed by atoms with Crippen molar-refractivity contribution in [3.63, 3.8) is 0 Å². The molecule has 2 aromatic carbocycles. The van der Waals surface area contributed by atoms with Crippen molar-refractivity contribution >= 4 is 21.6 Å². The van der Waals surface area contributed by atoms with Gasteiger partial charge in [-0.2, -0.15) is 0 Å². The number of hydrogen-bond donors (Lipinski definition) is 1. The van der Waals surface area contributed by atoms with E-state index in [-0.39, 0.29) is 17.3 Å². The van der Waals surface area contributed by atoms with E-state index < -0.39 is 10.0 Å². The van der Waals surface area contributed by atoms with E-state index in [9.17, 15) is 13.2 Å². The molecule has 0 aromatic heterocycles. The van der Waals surface area contributed by atoms with Gasteiger partial charge >= 0.3 is 0 Å². The lowest BCUT2D eigenvalue weighted by Crippen LogP contribution is -2.42. The number of rotatable bonds is 11. The van der Waals surface area contributed by atoms with Gasteiger partial charge < -0.3 is 5.32 Å². The zero-order chi connectivity index (χ0) is 23.0. The highest BCUT2D eigenvalue weighted by Crippen LogP contribution is 2.28. The van der Waals surface area contributed by atoms with Crippen LogP contribution in [0, 0.1) is 26.7 Å². The molecule has 0 spiro atoms. The van der Waals surface area contributed by atoms with Gasteiger partial charge in [0.25, 0.3) is 10.0 Å². The Morgan fingerprint density at radius 2 is 1.65 bits per heavy atom. The number of carbonyl (C=O) groups is 1. The Bertz CT molecular complexity index is 969. The van der Waals surface area contributed by atoms with Crippen LogP contribution in [-0.2, 0) is 14.8 Å². The number of anilines is 1. The molecule has 1 amide bonds. The van der Waals surface area contributed by atoms with Crippen molar-refractivity contribution in [2.24, 2.45) is 5.92 Å². The first-order valence-electron chi connectivity index (χ1n) is 11.1. The summed E-state index contributed by atoms with van der Waals surface area (Å²) in [6, 6.07) is 12.4. The van der Waals surface area contributed by atoms with Crippen LogP contribution in [0.25, 0.3) is 0 Å². The minimum atomic E-state index is -3.89. The summed E-state index contributed by atoms with van der Waals surface area (Å²) < 4.78 is 28.3. The smallest absolute Gasteiger partial charge is 0.264 e. The Kier molecular flexibility index (Phi) is 9.11. The number of amides is 1. The summed E-state index contributed by atoms with van der Waals surface area (Å²) in [5.74, 6) is 0.123. The first kappa shape index (κ1) is 24.9. The number of carbonyl (C=O) groups excluding carboxylic acids is 1. The number of unbranched alkanes of at least 4 members (excludes halogenated alkanes) is 1. The summed E-state index contributed by atoms with van der Waals surface area (Å²) in [6.45, 7) is 10.3. The molecule has 2 rings (SSSR count). The van der Waals surface area contributed by atoms with Crippen LogP contribution in [0.4, 0.5) is 5.69 Å². The fourth-order valence-corrected chi connectivity index (χ4v) is 4.99. The molecule has 0 aliphatic heterocycles. The standard InChI is InChI=1S/C25H36N2O3S/c1-6-8-9-22(7-2)17-26-25(28)18-27(24-16-20(4)10-13-21(24)5)31(29,30)23-14-11-19(3)12-15-23/h10-16,22H,6-9,17-18H2,1-5H3,(H,26,28)/t22-/m0/s1. The molecule has 1 atom stereocenters. The number of hydrogen-bond acceptors (Lipinski definition) is 3. The topological polar surface area (TPSA) is 66.5 Å². The monoisotopic (exact) mass is 444 g/mol. The van der Waals surface area contributed by atoms with Gasteiger partial charge in [-0.1, -0.05) is 62.9 Å². The Balaban J connectivity index is 2.31. The maximum Gasteiger partial charge on any atom is 0.264 e. The minimum absolute atomic E-state index is 0.182. The molecule has 2 aromatic rings. The largest absolute Gasteiger partial charge is 0.354 e. The molecule has 5 nitrogen and oxygen atoms in total. The van der Waals surface area contributed by atoms with E-state index >= 15 is 0 Å². The molecule has 0 aliphatic carbocycles. The lowest BCUT2D eigenvalue weighted by molar-refractivity contribution is -0.119. The number of nitrogens with one attached hydrogen (secondary N) is 1. The third-order valence-corrected chi connectivity index (χ3v) is 7.43. The minimum Gasteiger partial charge on any atom is -0.354 e. The van der Waals surface area contributed by atoms with E-state index in [1.165, 1.54) is 4.31 Å². The number of aryl methyl sites for hydroxylation is 3. The molecule has 0 aliphatic rings. The number of benzene rings is 2. The van der Waals surface area contributed by atoms with Gasteiger partial charge in [0.15, 0.2) is 0 Å². The third-order valence-electron chi connectivity index (χ3n) is 5.66. The van der Waals surface area contributed by atoms with Crippen LogP contribution in [0.3, 0.4) is 0 Å². The SMILES string of the molecule is CCCC[C@H](CC)CNC(=O)CN(c1cc(C)ccc1C)S(=O)(=O)c1ccc(C)cc1. The van der Waals surface area contributed by atoms with Gasteiger partial charge in [-0.3, -0.25) is 9.10 Å². The molecule has 31 heavy (non-hydrogen) atoms. The van der Waals surface area contributed by atoms with Gasteiger partial charge in [0, 0.05) is 6.54 Å². The molecule has 0 heterocycles. The van der Waals surface area contributed by atoms with E-state index in [2.05, 4.69) is 19.2 Å². The van der Waals surface area contributed by atoms with Crippen LogP contribution >= 0.6 is 0 Å². The molecule has 0 saturated heterocycles. The van der Waals surface area contributed by atoms with E-state index in [0.717, 1.165) is 42.4 Å². The molecule has 1 N–H and O–H groups in total. The van der Waals surface area contributed by atoms with E-state index in [4.69, 9.17) is 0 Å². The molecule has 0 unspecified atom stereocenters. The maximum absolute atomic E-state index is 13.5. The van der Waals surface area contributed by atoms with E-state index in [1.54, 1.807) is 24.3 Å². The molecule has 0 radical (unpaired) electrons. The Hall–Kier alpha value is -2.34. The zero-order valence-electron chi connectivity index (χ0n) is 19.4. The predicted octanol–water partition coefficient (Wildman–Crippen LogP) is 5.14. The van der Waals surface area contributed by atoms with Gasteiger partial charge in [0.05, 0.1) is 10.6 Å². The first-order valence-corrected chi connectivity index (χ1v) is 12.6. The van der Waals surface area contributed by atoms with Crippen molar-refractivity contribution in [1.29, 1.82) is 0 Å². The molecule has 0 fully saturated rings. The van der Waals surface area contributed by atoms with Gasteiger partial charge in [-0.05, 0) is 62.4 Å². The average molecular weight is 445 g/mol. The van der Waals surface area contributed by atoms with E-state index in [1.807, 2.05) is 39.0 Å². The van der Waals surface area contributed by atoms with Gasteiger partial charge in [0.2, 0.25) is 5.91 Å². The number of nitrogens with zero attached hydrogens (tertiary/aromatic N) is 1. The van der Waals surface area contributed by atoms with Gasteiger partial charge in [-0.25, -0.2) is 8.42 Å². The quantitative estimate of drug-likeness (QED) is 0.522. The Labute approximate surface area is 187 Å². The highest BCUT2D eigenvalue weighted by atomic mass is 32.2. The summed E-state index contributed by atoms with van der Waals surface area (Å²) >= 11 is 0. The summed E-state index contributed by atoms with van der Waals surface area (Å²) in [5, 5.41) is 2.96. The van der Waals surface area contributed by atoms with Crippen molar-refractivity contribution in [2.75, 3.05) is 17.4 Å². The predicted molar refractivity (Wildman–Crippen MR) is 128 cm³/mol. The van der Waals surface area contributed by atoms with Crippen molar-refractivity contribution in [3.05, 3.63) is 59.2 Å². The fraction of sp³-hybridized carbons (Fsp3) is 0.480. The second-order valence-corrected chi connectivity index (χ2v) is 10.2. The highest BCUT2D eigenvalue weighted by Gasteiger charge is 2.28. The molecule has 0 bridgehead atoms. The molecule has 0 saturated carbocycles. The second kappa shape index (κ2) is 11.3. The van der Waals surface area contributed by atoms with Gasteiger partial charge in [0.1, 0.15) is 6.54 Å². The fourth-order valence-electron chi connectivity index (χ4n) is 3.51. The molecule has 170 valence electrons. The molecular formula is C25H36N2O3S. The second-order valence-electron chi connectivity index (χ2n) is 8.34. The average Bonchev–Trinajstić information content (AvgIpc) is 2.74. The van der Waals surface area contributed by atoms with Crippen molar-refractivity contribution in [3.8, 4) is 0 Å². The Morgan fingerprint density at radius 3 is 2.26 bits per heavy atom. The zero-order valence-corrected chi connectivity index (χ0v) is 20.3. The summed E-state index contributed by atoms with van der Waals surface area (Å²) in [6.07, 6.45) is 4.31. The van der Waals surface area contributed by atoms with Crippen LogP contribution in [0.1, 0.15) is 56.2 Å². The normalized spacial score (nSPS) is 12.4. The third kappa shape index (κ3) is 6.82. The van der Waals surface area contributed by atoms with E-state index in [0.29, 0.717) is 18.2 Å². The lowest BCUT2D eigenvalue weighted by atomic mass is 9.99. The first-order chi connectivity index (χ1) is 14.7. The van der Waals surface area contributed by atoms with Crippen molar-refractivity contribution in [1.82, 2.24) is 5.32 Å². The van der Waals surface area contributed by atoms with Crippen LogP contribution in [0.5, 0.6) is 0 Å². The van der Waals surface area contributed by atoms with Crippen LogP contribution in [0.15, 0.2) is 47.4 Å². The lowest BCUT2D eigenvalue weighted by Gasteiger charge is -2.26.